The number of rotatable bonds is 9. The quantitative estimate of drug-likeness (QED) is 0.552. The summed E-state index contributed by atoms with van der Waals surface area (Å²) in [6, 6.07) is 2.08. The number of aromatic nitrogens is 1. The maximum atomic E-state index is 13.6. The molecule has 196 valence electrons. The summed E-state index contributed by atoms with van der Waals surface area (Å²) in [6.45, 7) is 6.72. The molecule has 35 heavy (non-hydrogen) atoms. The van der Waals surface area contributed by atoms with Gasteiger partial charge in [-0.15, -0.1) is 0 Å². The van der Waals surface area contributed by atoms with Gasteiger partial charge in [0.05, 0.1) is 0 Å². The van der Waals surface area contributed by atoms with Crippen molar-refractivity contribution in [2.24, 2.45) is 5.92 Å². The minimum absolute atomic E-state index is 0.0344. The zero-order valence-electron chi connectivity index (χ0n) is 21.4. The molecule has 3 atom stereocenters. The summed E-state index contributed by atoms with van der Waals surface area (Å²) in [5, 5.41) is 7.04. The van der Waals surface area contributed by atoms with E-state index in [0.717, 1.165) is 50.8 Å². The molecule has 1 aromatic rings. The largest absolute Gasteiger partial charge is 0.360 e. The number of nitrogens with one attached hydrogen (secondary N) is 1. The molecule has 10 heteroatoms. The number of carbonyl (C=O) groups is 1. The van der Waals surface area contributed by atoms with E-state index in [1.54, 1.807) is 14.7 Å². The molecule has 1 unspecified atom stereocenters. The van der Waals surface area contributed by atoms with E-state index in [2.05, 4.69) is 36.3 Å². The van der Waals surface area contributed by atoms with Crippen LogP contribution in [-0.2, 0) is 10.2 Å². The van der Waals surface area contributed by atoms with Crippen molar-refractivity contribution in [1.29, 1.82) is 0 Å². The van der Waals surface area contributed by atoms with Gasteiger partial charge in [0, 0.05) is 49.2 Å². The van der Waals surface area contributed by atoms with Crippen molar-refractivity contribution in [2.75, 3.05) is 26.7 Å². The van der Waals surface area contributed by atoms with Crippen LogP contribution in [0.5, 0.6) is 0 Å². The maximum absolute atomic E-state index is 13.6. The molecule has 9 nitrogen and oxygen atoms in total. The maximum Gasteiger partial charge on any atom is 0.282 e. The van der Waals surface area contributed by atoms with Gasteiger partial charge in [0.15, 0.2) is 5.69 Å². The Bertz CT molecular complexity index is 985. The molecule has 1 amide bonds. The van der Waals surface area contributed by atoms with Crippen molar-refractivity contribution < 1.29 is 17.7 Å². The highest BCUT2D eigenvalue weighted by molar-refractivity contribution is 7.86. The Morgan fingerprint density at radius 3 is 2.40 bits per heavy atom. The second-order valence-electron chi connectivity index (χ2n) is 11.5. The van der Waals surface area contributed by atoms with Gasteiger partial charge in [-0.1, -0.05) is 19.0 Å². The number of nitrogens with zero attached hydrogens (tertiary/aromatic N) is 4. The molecule has 1 aromatic heterocycles. The van der Waals surface area contributed by atoms with E-state index >= 15 is 0 Å². The van der Waals surface area contributed by atoms with E-state index in [1.807, 2.05) is 0 Å². The molecule has 0 aromatic carbocycles. The smallest absolute Gasteiger partial charge is 0.282 e. The fraction of sp³-hybridized carbons (Fsp3) is 0.840. The molecule has 4 heterocycles. The zero-order chi connectivity index (χ0) is 24.7. The third-order valence-corrected chi connectivity index (χ3v) is 10.6. The van der Waals surface area contributed by atoms with Gasteiger partial charge in [0.2, 0.25) is 0 Å². The summed E-state index contributed by atoms with van der Waals surface area (Å²) in [5.41, 5.74) is 0.329. The van der Waals surface area contributed by atoms with Crippen LogP contribution < -0.4 is 5.32 Å². The van der Waals surface area contributed by atoms with Gasteiger partial charge in [-0.2, -0.15) is 17.0 Å². The normalized spacial score (nSPS) is 28.8. The molecule has 1 aliphatic carbocycles. The predicted octanol–water partition coefficient (Wildman–Crippen LogP) is 2.96. The van der Waals surface area contributed by atoms with Crippen molar-refractivity contribution >= 4 is 16.1 Å². The average molecular weight is 508 g/mol. The summed E-state index contributed by atoms with van der Waals surface area (Å²) in [5.74, 6) is 1.67. The monoisotopic (exact) mass is 507 g/mol. The van der Waals surface area contributed by atoms with E-state index in [9.17, 15) is 13.2 Å². The first kappa shape index (κ1) is 25.2. The Labute approximate surface area is 209 Å². The molecule has 5 rings (SSSR count). The molecule has 3 aliphatic heterocycles. The van der Waals surface area contributed by atoms with Crippen LogP contribution >= 0.6 is 0 Å². The highest BCUT2D eigenvalue weighted by Crippen LogP contribution is 2.41. The molecular weight excluding hydrogens is 466 g/mol. The molecule has 0 spiro atoms. The number of fused-ring (bicyclic) bond motifs is 2. The van der Waals surface area contributed by atoms with Crippen LogP contribution in [0.25, 0.3) is 0 Å². The van der Waals surface area contributed by atoms with Gasteiger partial charge < -0.3 is 14.7 Å². The SMILES string of the molecule is CC(C)CCN(C)C1CCN(S(=O)(=O)N2[C@@H]3CC[C@H]2CC(NC(=O)c2cc(C4CC4)on2)C3)CC1. The van der Waals surface area contributed by atoms with Crippen molar-refractivity contribution in [3.63, 3.8) is 0 Å². The summed E-state index contributed by atoms with van der Waals surface area (Å²) < 4.78 is 36.1. The van der Waals surface area contributed by atoms with Crippen LogP contribution in [0.4, 0.5) is 0 Å². The Morgan fingerprint density at radius 1 is 1.14 bits per heavy atom. The summed E-state index contributed by atoms with van der Waals surface area (Å²) in [6.07, 6.45) is 8.17. The van der Waals surface area contributed by atoms with E-state index < -0.39 is 10.2 Å². The lowest BCUT2D eigenvalue weighted by atomic mass is 9.99. The first-order valence-corrected chi connectivity index (χ1v) is 14.9. The molecule has 0 radical (unpaired) electrons. The Morgan fingerprint density at radius 2 is 1.80 bits per heavy atom. The predicted molar refractivity (Wildman–Crippen MR) is 133 cm³/mol. The van der Waals surface area contributed by atoms with Gasteiger partial charge in [0.1, 0.15) is 5.76 Å². The first-order chi connectivity index (χ1) is 16.7. The van der Waals surface area contributed by atoms with Gasteiger partial charge in [-0.3, -0.25) is 4.79 Å². The number of carbonyl (C=O) groups excluding carboxylic acids is 1. The van der Waals surface area contributed by atoms with Crippen molar-refractivity contribution in [1.82, 2.24) is 24.0 Å². The topological polar surface area (TPSA) is 99.0 Å². The lowest BCUT2D eigenvalue weighted by Crippen LogP contribution is -2.57. The van der Waals surface area contributed by atoms with Crippen molar-refractivity contribution in [2.45, 2.75) is 102 Å². The highest BCUT2D eigenvalue weighted by atomic mass is 32.2. The number of amides is 1. The van der Waals surface area contributed by atoms with Gasteiger partial charge in [-0.05, 0) is 77.3 Å². The van der Waals surface area contributed by atoms with Crippen molar-refractivity contribution in [3.8, 4) is 0 Å². The fourth-order valence-corrected chi connectivity index (χ4v) is 8.21. The summed E-state index contributed by atoms with van der Waals surface area (Å²) in [7, 11) is -1.32. The van der Waals surface area contributed by atoms with Gasteiger partial charge in [-0.25, -0.2) is 0 Å². The minimum Gasteiger partial charge on any atom is -0.360 e. The molecule has 4 aliphatic rings. The Hall–Kier alpha value is -1.49. The molecule has 3 saturated heterocycles. The van der Waals surface area contributed by atoms with Crippen LogP contribution in [0.15, 0.2) is 10.6 Å². The van der Waals surface area contributed by atoms with Gasteiger partial charge in [0.25, 0.3) is 16.1 Å². The lowest BCUT2D eigenvalue weighted by molar-refractivity contribution is 0.0896. The first-order valence-electron chi connectivity index (χ1n) is 13.5. The Balaban J connectivity index is 1.15. The minimum atomic E-state index is -3.49. The fourth-order valence-electron chi connectivity index (χ4n) is 6.14. The lowest BCUT2D eigenvalue weighted by Gasteiger charge is -2.43. The third-order valence-electron chi connectivity index (χ3n) is 8.44. The van der Waals surface area contributed by atoms with Gasteiger partial charge >= 0.3 is 0 Å². The molecule has 4 fully saturated rings. The summed E-state index contributed by atoms with van der Waals surface area (Å²) in [4.78, 5) is 15.1. The second-order valence-corrected chi connectivity index (χ2v) is 13.4. The van der Waals surface area contributed by atoms with Crippen LogP contribution in [-0.4, -0.2) is 83.8 Å². The highest BCUT2D eigenvalue weighted by Gasteiger charge is 2.49. The van der Waals surface area contributed by atoms with E-state index in [1.165, 1.54) is 6.42 Å². The average Bonchev–Trinajstić information content (AvgIpc) is 3.48. The number of hydrogen-bond donors (Lipinski definition) is 1. The summed E-state index contributed by atoms with van der Waals surface area (Å²) >= 11 is 0. The van der Waals surface area contributed by atoms with Crippen LogP contribution in [0.2, 0.25) is 0 Å². The van der Waals surface area contributed by atoms with E-state index in [0.29, 0.717) is 49.5 Å². The zero-order valence-corrected chi connectivity index (χ0v) is 22.2. The van der Waals surface area contributed by atoms with Crippen LogP contribution in [0, 0.1) is 5.92 Å². The number of hydrogen-bond acceptors (Lipinski definition) is 6. The van der Waals surface area contributed by atoms with Crippen LogP contribution in [0.3, 0.4) is 0 Å². The third kappa shape index (κ3) is 5.45. The van der Waals surface area contributed by atoms with Crippen LogP contribution in [0.1, 0.15) is 93.8 Å². The number of piperidine rings is 2. The second kappa shape index (κ2) is 10.1. The molecule has 2 bridgehead atoms. The molecule has 1 N–H and O–H groups in total. The van der Waals surface area contributed by atoms with Crippen molar-refractivity contribution in [3.05, 3.63) is 17.5 Å². The molecule has 1 saturated carbocycles. The van der Waals surface area contributed by atoms with E-state index in [-0.39, 0.29) is 24.0 Å². The Kier molecular flexibility index (Phi) is 7.27. The molecular formula is C25H41N5O4S. The van der Waals surface area contributed by atoms with E-state index in [4.69, 9.17) is 4.52 Å². The standard InChI is InChI=1S/C25H41N5O4S/c1-17(2)8-11-28(3)20-9-12-29(13-10-20)35(32,33)30-21-6-7-22(30)15-19(14-21)26-25(31)23-16-24(34-27-23)18-4-5-18/h16-22H,4-15H2,1-3H3,(H,26,31)/t19?,21-,22+.